The fourth-order valence-electron chi connectivity index (χ4n) is 2.82. The fourth-order valence-corrected chi connectivity index (χ4v) is 3.68. The number of hydrogen-bond acceptors (Lipinski definition) is 6. The predicted molar refractivity (Wildman–Crippen MR) is 111 cm³/mol. The zero-order valence-electron chi connectivity index (χ0n) is 16.2. The SMILES string of the molecule is COc1ccc(-c2nc(NC(=O)Cc3cc(OC)ccc3OC)sc2C)cc1. The molecule has 0 aliphatic carbocycles. The van der Waals surface area contributed by atoms with E-state index in [-0.39, 0.29) is 12.3 Å². The van der Waals surface area contributed by atoms with Crippen molar-refractivity contribution in [3.05, 3.63) is 52.9 Å². The maximum Gasteiger partial charge on any atom is 0.230 e. The minimum atomic E-state index is -0.165. The van der Waals surface area contributed by atoms with Gasteiger partial charge >= 0.3 is 0 Å². The van der Waals surface area contributed by atoms with Crippen LogP contribution in [-0.4, -0.2) is 32.2 Å². The second kappa shape index (κ2) is 8.75. The Kier molecular flexibility index (Phi) is 6.16. The van der Waals surface area contributed by atoms with Gasteiger partial charge in [0.25, 0.3) is 0 Å². The number of rotatable bonds is 7. The van der Waals surface area contributed by atoms with Crippen LogP contribution in [0, 0.1) is 6.92 Å². The fraction of sp³-hybridized carbons (Fsp3) is 0.238. The van der Waals surface area contributed by atoms with E-state index in [0.29, 0.717) is 16.6 Å². The van der Waals surface area contributed by atoms with Gasteiger partial charge in [0.05, 0.1) is 33.4 Å². The maximum atomic E-state index is 12.5. The molecule has 0 unspecified atom stereocenters. The smallest absolute Gasteiger partial charge is 0.230 e. The molecular formula is C21H22N2O4S. The Bertz CT molecular complexity index is 967. The molecule has 0 radical (unpaired) electrons. The summed E-state index contributed by atoms with van der Waals surface area (Å²) in [7, 11) is 4.80. The molecule has 0 aliphatic rings. The van der Waals surface area contributed by atoms with E-state index in [1.165, 1.54) is 11.3 Å². The summed E-state index contributed by atoms with van der Waals surface area (Å²) in [6.45, 7) is 1.98. The second-order valence-corrected chi connectivity index (χ2v) is 7.26. The highest BCUT2D eigenvalue weighted by atomic mass is 32.1. The summed E-state index contributed by atoms with van der Waals surface area (Å²) in [4.78, 5) is 18.1. The number of carbonyl (C=O) groups excluding carboxylic acids is 1. The zero-order chi connectivity index (χ0) is 20.1. The van der Waals surface area contributed by atoms with Crippen molar-refractivity contribution in [1.82, 2.24) is 4.98 Å². The van der Waals surface area contributed by atoms with Crippen molar-refractivity contribution in [3.63, 3.8) is 0 Å². The number of carbonyl (C=O) groups is 1. The first kappa shape index (κ1) is 19.7. The Hall–Kier alpha value is -3.06. The van der Waals surface area contributed by atoms with Crippen LogP contribution in [0.1, 0.15) is 10.4 Å². The van der Waals surface area contributed by atoms with Crippen molar-refractivity contribution in [2.24, 2.45) is 0 Å². The number of nitrogens with zero attached hydrogens (tertiary/aromatic N) is 1. The number of amides is 1. The number of aryl methyl sites for hydroxylation is 1. The van der Waals surface area contributed by atoms with E-state index in [1.54, 1.807) is 39.5 Å². The van der Waals surface area contributed by atoms with Gasteiger partial charge in [0.2, 0.25) is 5.91 Å². The molecule has 3 rings (SSSR count). The lowest BCUT2D eigenvalue weighted by Gasteiger charge is -2.10. The van der Waals surface area contributed by atoms with Gasteiger partial charge in [-0.1, -0.05) is 0 Å². The molecule has 0 aliphatic heterocycles. The largest absolute Gasteiger partial charge is 0.497 e. The van der Waals surface area contributed by atoms with Gasteiger partial charge in [-0.2, -0.15) is 0 Å². The quantitative estimate of drug-likeness (QED) is 0.642. The van der Waals surface area contributed by atoms with Crippen LogP contribution in [0.4, 0.5) is 5.13 Å². The van der Waals surface area contributed by atoms with E-state index in [0.717, 1.165) is 27.4 Å². The lowest BCUT2D eigenvalue weighted by Crippen LogP contribution is -2.14. The van der Waals surface area contributed by atoms with Gasteiger partial charge in [-0.15, -0.1) is 11.3 Å². The monoisotopic (exact) mass is 398 g/mol. The third-order valence-corrected chi connectivity index (χ3v) is 5.13. The lowest BCUT2D eigenvalue weighted by atomic mass is 10.1. The van der Waals surface area contributed by atoms with Crippen LogP contribution < -0.4 is 19.5 Å². The number of methoxy groups -OCH3 is 3. The molecule has 0 spiro atoms. The van der Waals surface area contributed by atoms with E-state index in [9.17, 15) is 4.79 Å². The van der Waals surface area contributed by atoms with Crippen LogP contribution >= 0.6 is 11.3 Å². The highest BCUT2D eigenvalue weighted by Gasteiger charge is 2.15. The number of nitrogens with one attached hydrogen (secondary N) is 1. The third-order valence-electron chi connectivity index (χ3n) is 4.24. The summed E-state index contributed by atoms with van der Waals surface area (Å²) >= 11 is 1.45. The Morgan fingerprint density at radius 3 is 2.32 bits per heavy atom. The molecule has 0 fully saturated rings. The van der Waals surface area contributed by atoms with Crippen LogP contribution in [0.2, 0.25) is 0 Å². The Balaban J connectivity index is 1.74. The summed E-state index contributed by atoms with van der Waals surface area (Å²) in [5.41, 5.74) is 2.58. The Morgan fingerprint density at radius 1 is 1.00 bits per heavy atom. The third kappa shape index (κ3) is 4.43. The molecule has 0 atom stereocenters. The standard InChI is InChI=1S/C21H22N2O4S/c1-13-20(14-5-7-16(25-2)8-6-14)23-21(28-13)22-19(24)12-15-11-17(26-3)9-10-18(15)27-4/h5-11H,12H2,1-4H3,(H,22,23,24). The molecule has 3 aromatic rings. The van der Waals surface area contributed by atoms with Crippen molar-refractivity contribution in [1.29, 1.82) is 0 Å². The van der Waals surface area contributed by atoms with Crippen molar-refractivity contribution in [2.45, 2.75) is 13.3 Å². The summed E-state index contributed by atoms with van der Waals surface area (Å²) in [6, 6.07) is 13.1. The molecule has 146 valence electrons. The molecule has 2 aromatic carbocycles. The topological polar surface area (TPSA) is 69.7 Å². The molecule has 28 heavy (non-hydrogen) atoms. The van der Waals surface area contributed by atoms with Gasteiger partial charge in [-0.25, -0.2) is 4.98 Å². The van der Waals surface area contributed by atoms with Crippen molar-refractivity contribution in [3.8, 4) is 28.5 Å². The average Bonchev–Trinajstić information content (AvgIpc) is 3.07. The van der Waals surface area contributed by atoms with Crippen molar-refractivity contribution >= 4 is 22.4 Å². The number of anilines is 1. The van der Waals surface area contributed by atoms with E-state index in [1.807, 2.05) is 31.2 Å². The van der Waals surface area contributed by atoms with Crippen LogP contribution in [0.5, 0.6) is 17.2 Å². The molecule has 0 saturated heterocycles. The van der Waals surface area contributed by atoms with Gasteiger partial charge in [-0.3, -0.25) is 4.79 Å². The number of thiazole rings is 1. The van der Waals surface area contributed by atoms with Crippen LogP contribution in [-0.2, 0) is 11.2 Å². The molecular weight excluding hydrogens is 376 g/mol. The minimum absolute atomic E-state index is 0.164. The molecule has 1 N–H and O–H groups in total. The Labute approximate surface area is 168 Å². The van der Waals surface area contributed by atoms with Gasteiger partial charge in [0.15, 0.2) is 5.13 Å². The maximum absolute atomic E-state index is 12.5. The molecule has 6 nitrogen and oxygen atoms in total. The van der Waals surface area contributed by atoms with Gasteiger partial charge < -0.3 is 19.5 Å². The number of hydrogen-bond donors (Lipinski definition) is 1. The molecule has 7 heteroatoms. The molecule has 0 saturated carbocycles. The molecule has 1 aromatic heterocycles. The highest BCUT2D eigenvalue weighted by Crippen LogP contribution is 2.31. The molecule has 1 amide bonds. The predicted octanol–water partition coefficient (Wildman–Crippen LogP) is 4.33. The summed E-state index contributed by atoms with van der Waals surface area (Å²) in [5, 5.41) is 3.45. The van der Waals surface area contributed by atoms with Crippen molar-refractivity contribution in [2.75, 3.05) is 26.6 Å². The van der Waals surface area contributed by atoms with Gasteiger partial charge in [0.1, 0.15) is 17.2 Å². The average molecular weight is 398 g/mol. The Morgan fingerprint density at radius 2 is 1.68 bits per heavy atom. The molecule has 0 bridgehead atoms. The van der Waals surface area contributed by atoms with E-state index < -0.39 is 0 Å². The summed E-state index contributed by atoms with van der Waals surface area (Å²) < 4.78 is 15.8. The highest BCUT2D eigenvalue weighted by molar-refractivity contribution is 7.16. The minimum Gasteiger partial charge on any atom is -0.497 e. The van der Waals surface area contributed by atoms with E-state index in [4.69, 9.17) is 14.2 Å². The summed E-state index contributed by atoms with van der Waals surface area (Å²) in [5.74, 6) is 1.94. The first-order chi connectivity index (χ1) is 13.5. The first-order valence-electron chi connectivity index (χ1n) is 8.66. The van der Waals surface area contributed by atoms with Crippen molar-refractivity contribution < 1.29 is 19.0 Å². The normalized spacial score (nSPS) is 10.4. The first-order valence-corrected chi connectivity index (χ1v) is 9.48. The second-order valence-electron chi connectivity index (χ2n) is 6.06. The number of aromatic nitrogens is 1. The summed E-state index contributed by atoms with van der Waals surface area (Å²) in [6.07, 6.45) is 0.164. The molecule has 1 heterocycles. The van der Waals surface area contributed by atoms with Gasteiger partial charge in [0, 0.05) is 16.0 Å². The van der Waals surface area contributed by atoms with E-state index in [2.05, 4.69) is 10.3 Å². The zero-order valence-corrected chi connectivity index (χ0v) is 17.1. The van der Waals surface area contributed by atoms with Crippen LogP contribution in [0.15, 0.2) is 42.5 Å². The lowest BCUT2D eigenvalue weighted by molar-refractivity contribution is -0.115. The number of ether oxygens (including phenoxy) is 3. The number of benzene rings is 2. The van der Waals surface area contributed by atoms with Gasteiger partial charge in [-0.05, 0) is 49.4 Å². The van der Waals surface area contributed by atoms with E-state index >= 15 is 0 Å². The van der Waals surface area contributed by atoms with Crippen LogP contribution in [0.25, 0.3) is 11.3 Å². The van der Waals surface area contributed by atoms with Crippen LogP contribution in [0.3, 0.4) is 0 Å².